The van der Waals surface area contributed by atoms with Crippen LogP contribution >= 0.6 is 0 Å². The fraction of sp³-hybridized carbons (Fsp3) is 0.176. The summed E-state index contributed by atoms with van der Waals surface area (Å²) in [6.45, 7) is 0.0254. The summed E-state index contributed by atoms with van der Waals surface area (Å²) >= 11 is 0. The lowest BCUT2D eigenvalue weighted by molar-refractivity contribution is -0.121. The minimum atomic E-state index is -0.306. The molecule has 8 heteroatoms. The van der Waals surface area contributed by atoms with Gasteiger partial charge in [0.2, 0.25) is 0 Å². The van der Waals surface area contributed by atoms with Crippen LogP contribution in [0.2, 0.25) is 0 Å². The van der Waals surface area contributed by atoms with Gasteiger partial charge in [0, 0.05) is 11.6 Å². The molecule has 1 amide bonds. The third-order valence-electron chi connectivity index (χ3n) is 3.55. The van der Waals surface area contributed by atoms with Gasteiger partial charge < -0.3 is 9.47 Å². The smallest absolute Gasteiger partial charge is 0.261 e. The van der Waals surface area contributed by atoms with Gasteiger partial charge in [-0.05, 0) is 24.3 Å². The van der Waals surface area contributed by atoms with E-state index >= 15 is 0 Å². The molecule has 8 nitrogen and oxygen atoms in total. The van der Waals surface area contributed by atoms with Gasteiger partial charge >= 0.3 is 0 Å². The van der Waals surface area contributed by atoms with Crippen LogP contribution in [0.3, 0.4) is 0 Å². The van der Waals surface area contributed by atoms with E-state index in [2.05, 4.69) is 20.8 Å². The fourth-order valence-electron chi connectivity index (χ4n) is 2.30. The Hall–Kier alpha value is -3.42. The van der Waals surface area contributed by atoms with Gasteiger partial charge in [0.05, 0.1) is 26.0 Å². The van der Waals surface area contributed by atoms with E-state index in [4.69, 9.17) is 9.47 Å². The Morgan fingerprint density at radius 2 is 2.08 bits per heavy atom. The Labute approximate surface area is 144 Å². The SMILES string of the molecule is COc1ccc(/C=N\NC(=O)Cn2nnc3ccccc32)c(OC)c1. The summed E-state index contributed by atoms with van der Waals surface area (Å²) in [4.78, 5) is 12.0. The van der Waals surface area contributed by atoms with E-state index in [0.29, 0.717) is 11.5 Å². The number of ether oxygens (including phenoxy) is 2. The Kier molecular flexibility index (Phi) is 4.89. The van der Waals surface area contributed by atoms with Crippen molar-refractivity contribution in [2.24, 2.45) is 5.10 Å². The Balaban J connectivity index is 1.65. The average Bonchev–Trinajstić information content (AvgIpc) is 3.05. The third kappa shape index (κ3) is 3.74. The van der Waals surface area contributed by atoms with Crippen molar-refractivity contribution in [3.05, 3.63) is 48.0 Å². The highest BCUT2D eigenvalue weighted by Gasteiger charge is 2.08. The predicted octanol–water partition coefficient (Wildman–Crippen LogP) is 1.60. The lowest BCUT2D eigenvalue weighted by Crippen LogP contribution is -2.23. The molecule has 0 aliphatic rings. The number of carbonyl (C=O) groups excluding carboxylic acids is 1. The molecule has 0 fully saturated rings. The summed E-state index contributed by atoms with van der Waals surface area (Å²) in [5.41, 5.74) is 4.71. The molecule has 1 N–H and O–H groups in total. The van der Waals surface area contributed by atoms with E-state index in [1.54, 1.807) is 32.4 Å². The highest BCUT2D eigenvalue weighted by atomic mass is 16.5. The molecule has 0 bridgehead atoms. The Morgan fingerprint density at radius 1 is 1.24 bits per heavy atom. The van der Waals surface area contributed by atoms with E-state index in [-0.39, 0.29) is 12.5 Å². The summed E-state index contributed by atoms with van der Waals surface area (Å²) in [5, 5.41) is 11.9. The van der Waals surface area contributed by atoms with Crippen LogP contribution in [-0.2, 0) is 11.3 Å². The van der Waals surface area contributed by atoms with Gasteiger partial charge in [0.1, 0.15) is 23.6 Å². The van der Waals surface area contributed by atoms with Crippen molar-refractivity contribution in [3.8, 4) is 11.5 Å². The van der Waals surface area contributed by atoms with Crippen molar-refractivity contribution in [3.63, 3.8) is 0 Å². The van der Waals surface area contributed by atoms with Crippen LogP contribution in [0.15, 0.2) is 47.6 Å². The van der Waals surface area contributed by atoms with Gasteiger partial charge in [-0.15, -0.1) is 5.10 Å². The summed E-state index contributed by atoms with van der Waals surface area (Å²) < 4.78 is 11.9. The third-order valence-corrected chi connectivity index (χ3v) is 3.55. The molecule has 3 aromatic rings. The summed E-state index contributed by atoms with van der Waals surface area (Å²) in [6.07, 6.45) is 1.51. The monoisotopic (exact) mass is 339 g/mol. The molecule has 1 heterocycles. The lowest BCUT2D eigenvalue weighted by atomic mass is 10.2. The minimum absolute atomic E-state index is 0.0254. The number of hydrogen-bond donors (Lipinski definition) is 1. The number of carbonyl (C=O) groups is 1. The average molecular weight is 339 g/mol. The molecule has 0 aliphatic heterocycles. The van der Waals surface area contributed by atoms with Crippen molar-refractivity contribution >= 4 is 23.2 Å². The topological polar surface area (TPSA) is 90.6 Å². The second-order valence-corrected chi connectivity index (χ2v) is 5.14. The molecular formula is C17H17N5O3. The van der Waals surface area contributed by atoms with Gasteiger partial charge in [-0.25, -0.2) is 10.1 Å². The largest absolute Gasteiger partial charge is 0.497 e. The maximum Gasteiger partial charge on any atom is 0.261 e. The lowest BCUT2D eigenvalue weighted by Gasteiger charge is -2.07. The van der Waals surface area contributed by atoms with Crippen LogP contribution in [0.5, 0.6) is 11.5 Å². The van der Waals surface area contributed by atoms with E-state index in [1.807, 2.05) is 24.3 Å². The molecule has 3 rings (SSSR count). The number of aromatic nitrogens is 3. The predicted molar refractivity (Wildman–Crippen MR) is 92.8 cm³/mol. The van der Waals surface area contributed by atoms with E-state index in [9.17, 15) is 4.79 Å². The number of nitrogens with one attached hydrogen (secondary N) is 1. The molecule has 0 atom stereocenters. The zero-order valence-electron chi connectivity index (χ0n) is 13.8. The molecule has 25 heavy (non-hydrogen) atoms. The maximum atomic E-state index is 12.0. The number of nitrogens with zero attached hydrogens (tertiary/aromatic N) is 4. The molecule has 0 aliphatic carbocycles. The van der Waals surface area contributed by atoms with Crippen molar-refractivity contribution < 1.29 is 14.3 Å². The Morgan fingerprint density at radius 3 is 2.88 bits per heavy atom. The minimum Gasteiger partial charge on any atom is -0.497 e. The first-order valence-electron chi connectivity index (χ1n) is 7.53. The molecule has 128 valence electrons. The van der Waals surface area contributed by atoms with E-state index in [1.165, 1.54) is 10.9 Å². The maximum absolute atomic E-state index is 12.0. The molecule has 0 radical (unpaired) electrons. The normalized spacial score (nSPS) is 11.0. The zero-order chi connectivity index (χ0) is 17.6. The standard InChI is InChI=1S/C17H17N5O3/c1-24-13-8-7-12(16(9-13)25-2)10-18-20-17(23)11-22-15-6-4-3-5-14(15)19-21-22/h3-10H,11H2,1-2H3,(H,20,23)/b18-10-. The van der Waals surface area contributed by atoms with Crippen molar-refractivity contribution in [1.29, 1.82) is 0 Å². The van der Waals surface area contributed by atoms with Crippen molar-refractivity contribution in [2.75, 3.05) is 14.2 Å². The van der Waals surface area contributed by atoms with Crippen LogP contribution in [0.1, 0.15) is 5.56 Å². The fourth-order valence-corrected chi connectivity index (χ4v) is 2.30. The first kappa shape index (κ1) is 16.4. The summed E-state index contributed by atoms with van der Waals surface area (Å²) in [6, 6.07) is 12.7. The van der Waals surface area contributed by atoms with Gasteiger partial charge in [0.15, 0.2) is 0 Å². The second-order valence-electron chi connectivity index (χ2n) is 5.14. The number of hydrogen-bond acceptors (Lipinski definition) is 6. The number of methoxy groups -OCH3 is 2. The highest BCUT2D eigenvalue weighted by Crippen LogP contribution is 2.22. The first-order chi connectivity index (χ1) is 12.2. The number of para-hydroxylation sites is 1. The number of rotatable bonds is 6. The Bertz CT molecular complexity index is 920. The molecule has 0 saturated carbocycles. The number of hydrazone groups is 1. The van der Waals surface area contributed by atoms with Crippen LogP contribution in [-0.4, -0.2) is 41.3 Å². The number of benzene rings is 2. The van der Waals surface area contributed by atoms with Crippen molar-refractivity contribution in [1.82, 2.24) is 20.4 Å². The summed E-state index contributed by atoms with van der Waals surface area (Å²) in [5.74, 6) is 0.968. The zero-order valence-corrected chi connectivity index (χ0v) is 13.8. The molecule has 0 unspecified atom stereocenters. The number of amides is 1. The second kappa shape index (κ2) is 7.43. The van der Waals surface area contributed by atoms with Gasteiger partial charge in [0.25, 0.3) is 5.91 Å². The van der Waals surface area contributed by atoms with Gasteiger partial charge in [-0.2, -0.15) is 5.10 Å². The van der Waals surface area contributed by atoms with E-state index < -0.39 is 0 Å². The highest BCUT2D eigenvalue weighted by molar-refractivity contribution is 5.86. The van der Waals surface area contributed by atoms with Crippen LogP contribution in [0.25, 0.3) is 11.0 Å². The van der Waals surface area contributed by atoms with Crippen LogP contribution in [0.4, 0.5) is 0 Å². The van der Waals surface area contributed by atoms with Crippen LogP contribution < -0.4 is 14.9 Å². The molecular weight excluding hydrogens is 322 g/mol. The van der Waals surface area contributed by atoms with E-state index in [0.717, 1.165) is 16.6 Å². The van der Waals surface area contributed by atoms with Gasteiger partial charge in [-0.3, -0.25) is 4.79 Å². The first-order valence-corrected chi connectivity index (χ1v) is 7.53. The summed E-state index contributed by atoms with van der Waals surface area (Å²) in [7, 11) is 3.14. The molecule has 2 aromatic carbocycles. The molecule has 0 spiro atoms. The van der Waals surface area contributed by atoms with Crippen molar-refractivity contribution in [2.45, 2.75) is 6.54 Å². The quantitative estimate of drug-likeness (QED) is 0.544. The number of fused-ring (bicyclic) bond motifs is 1. The molecule has 0 saturated heterocycles. The van der Waals surface area contributed by atoms with Crippen LogP contribution in [0, 0.1) is 0 Å². The van der Waals surface area contributed by atoms with Gasteiger partial charge in [-0.1, -0.05) is 17.3 Å². The molecule has 1 aromatic heterocycles.